The Labute approximate surface area is 112 Å². The summed E-state index contributed by atoms with van der Waals surface area (Å²) in [7, 11) is 0. The highest BCUT2D eigenvalue weighted by molar-refractivity contribution is 6.30. The van der Waals surface area contributed by atoms with Gasteiger partial charge in [-0.1, -0.05) is 23.7 Å². The Morgan fingerprint density at radius 2 is 1.84 bits per heavy atom. The average Bonchev–Trinajstić information content (AvgIpc) is 2.32. The average molecular weight is 289 g/mol. The highest BCUT2D eigenvalue weighted by Gasteiger charge is 2.32. The first-order chi connectivity index (χ1) is 8.88. The van der Waals surface area contributed by atoms with E-state index in [0.29, 0.717) is 11.3 Å². The fourth-order valence-electron chi connectivity index (χ4n) is 1.58. The molecular formula is C12H8ClF3N2O. The maximum Gasteiger partial charge on any atom is 0.573 e. The van der Waals surface area contributed by atoms with Gasteiger partial charge in [0, 0.05) is 11.1 Å². The predicted octanol–water partition coefficient (Wildman–Crippen LogP) is 4.00. The zero-order valence-electron chi connectivity index (χ0n) is 9.70. The molecule has 0 bridgehead atoms. The van der Waals surface area contributed by atoms with Crippen molar-refractivity contribution in [2.45, 2.75) is 13.3 Å². The first-order valence-corrected chi connectivity index (χ1v) is 5.58. The Morgan fingerprint density at radius 3 is 2.53 bits per heavy atom. The maximum atomic E-state index is 12.3. The van der Waals surface area contributed by atoms with E-state index in [4.69, 9.17) is 11.6 Å². The van der Waals surface area contributed by atoms with Gasteiger partial charge in [0.05, 0.1) is 5.69 Å². The van der Waals surface area contributed by atoms with Crippen LogP contribution in [0.4, 0.5) is 13.2 Å². The highest BCUT2D eigenvalue weighted by atomic mass is 35.5. The third-order valence-electron chi connectivity index (χ3n) is 2.39. The molecule has 0 saturated heterocycles. The summed E-state index contributed by atoms with van der Waals surface area (Å²) < 4.78 is 41.0. The molecule has 2 rings (SSSR count). The standard InChI is InChI=1S/C12H8ClF3N2O/c1-7-10(17-6-18-11(7)13)8-4-2-3-5-9(8)19-12(14,15)16/h2-6H,1H3. The summed E-state index contributed by atoms with van der Waals surface area (Å²) in [6, 6.07) is 5.74. The van der Waals surface area contributed by atoms with E-state index in [0.717, 1.165) is 0 Å². The van der Waals surface area contributed by atoms with Crippen molar-refractivity contribution in [1.29, 1.82) is 0 Å². The van der Waals surface area contributed by atoms with Crippen LogP contribution in [0.25, 0.3) is 11.3 Å². The van der Waals surface area contributed by atoms with Crippen LogP contribution in [0, 0.1) is 6.92 Å². The minimum Gasteiger partial charge on any atom is -0.405 e. The number of hydrogen-bond acceptors (Lipinski definition) is 3. The van der Waals surface area contributed by atoms with Gasteiger partial charge in [-0.05, 0) is 19.1 Å². The van der Waals surface area contributed by atoms with Crippen molar-refractivity contribution < 1.29 is 17.9 Å². The molecule has 1 heterocycles. The van der Waals surface area contributed by atoms with Crippen molar-refractivity contribution in [3.8, 4) is 17.0 Å². The van der Waals surface area contributed by atoms with Crippen LogP contribution in [0.1, 0.15) is 5.56 Å². The number of alkyl halides is 3. The van der Waals surface area contributed by atoms with Crippen LogP contribution in [0.2, 0.25) is 5.15 Å². The molecule has 19 heavy (non-hydrogen) atoms. The molecule has 100 valence electrons. The molecule has 0 radical (unpaired) electrons. The van der Waals surface area contributed by atoms with Crippen LogP contribution in [0.5, 0.6) is 5.75 Å². The molecule has 1 aromatic heterocycles. The number of aromatic nitrogens is 2. The van der Waals surface area contributed by atoms with Crippen LogP contribution < -0.4 is 4.74 Å². The number of rotatable bonds is 2. The van der Waals surface area contributed by atoms with Gasteiger partial charge >= 0.3 is 6.36 Å². The minimum absolute atomic E-state index is 0.187. The van der Waals surface area contributed by atoms with E-state index < -0.39 is 6.36 Å². The molecule has 0 amide bonds. The molecule has 0 atom stereocenters. The zero-order valence-corrected chi connectivity index (χ0v) is 10.5. The van der Waals surface area contributed by atoms with Crippen LogP contribution in [0.3, 0.4) is 0 Å². The van der Waals surface area contributed by atoms with Gasteiger partial charge in [0.15, 0.2) is 0 Å². The largest absolute Gasteiger partial charge is 0.573 e. The van der Waals surface area contributed by atoms with E-state index in [9.17, 15) is 13.2 Å². The number of hydrogen-bond donors (Lipinski definition) is 0. The molecule has 0 unspecified atom stereocenters. The van der Waals surface area contributed by atoms with Crippen molar-refractivity contribution in [2.75, 3.05) is 0 Å². The molecule has 0 spiro atoms. The SMILES string of the molecule is Cc1c(Cl)ncnc1-c1ccccc1OC(F)(F)F. The predicted molar refractivity (Wildman–Crippen MR) is 63.9 cm³/mol. The van der Waals surface area contributed by atoms with Crippen LogP contribution >= 0.6 is 11.6 Å². The lowest BCUT2D eigenvalue weighted by Gasteiger charge is -2.14. The monoisotopic (exact) mass is 288 g/mol. The molecule has 0 fully saturated rings. The Kier molecular flexibility index (Phi) is 3.61. The maximum absolute atomic E-state index is 12.3. The van der Waals surface area contributed by atoms with Crippen LogP contribution in [0.15, 0.2) is 30.6 Å². The second-order valence-corrected chi connectivity index (χ2v) is 4.04. The van der Waals surface area contributed by atoms with E-state index >= 15 is 0 Å². The molecule has 0 aliphatic heterocycles. The zero-order chi connectivity index (χ0) is 14.0. The van der Waals surface area contributed by atoms with Crippen molar-refractivity contribution >= 4 is 11.6 Å². The second-order valence-electron chi connectivity index (χ2n) is 3.68. The third kappa shape index (κ3) is 3.14. The lowest BCUT2D eigenvalue weighted by molar-refractivity contribution is -0.274. The summed E-state index contributed by atoms with van der Waals surface area (Å²) in [6.45, 7) is 1.63. The van der Waals surface area contributed by atoms with Gasteiger partial charge in [0.25, 0.3) is 0 Å². The Morgan fingerprint density at radius 1 is 1.16 bits per heavy atom. The smallest absolute Gasteiger partial charge is 0.405 e. The molecular weight excluding hydrogens is 281 g/mol. The fraction of sp³-hybridized carbons (Fsp3) is 0.167. The molecule has 0 saturated carbocycles. The minimum atomic E-state index is -4.76. The number of halogens is 4. The summed E-state index contributed by atoms with van der Waals surface area (Å²) in [5.41, 5.74) is 1.00. The van der Waals surface area contributed by atoms with Crippen LogP contribution in [-0.4, -0.2) is 16.3 Å². The first kappa shape index (κ1) is 13.6. The summed E-state index contributed by atoms with van der Waals surface area (Å²) in [5, 5.41) is 0.187. The van der Waals surface area contributed by atoms with E-state index in [2.05, 4.69) is 14.7 Å². The Bertz CT molecular complexity index is 602. The number of benzene rings is 1. The Balaban J connectivity index is 2.54. The summed E-state index contributed by atoms with van der Waals surface area (Å²) in [6.07, 6.45) is -3.57. The van der Waals surface area contributed by atoms with Gasteiger partial charge < -0.3 is 4.74 Å². The van der Waals surface area contributed by atoms with Gasteiger partial charge in [-0.2, -0.15) is 0 Å². The molecule has 0 N–H and O–H groups in total. The summed E-state index contributed by atoms with van der Waals surface area (Å²) >= 11 is 5.84. The molecule has 0 aliphatic rings. The first-order valence-electron chi connectivity index (χ1n) is 5.21. The molecule has 1 aromatic carbocycles. The van der Waals surface area contributed by atoms with Gasteiger partial charge in [0.1, 0.15) is 17.2 Å². The topological polar surface area (TPSA) is 35.0 Å². The lowest BCUT2D eigenvalue weighted by Crippen LogP contribution is -2.17. The van der Waals surface area contributed by atoms with Gasteiger partial charge in [0.2, 0.25) is 0 Å². The highest BCUT2D eigenvalue weighted by Crippen LogP contribution is 2.35. The second kappa shape index (κ2) is 5.05. The molecule has 7 heteroatoms. The van der Waals surface area contributed by atoms with Gasteiger partial charge in [-0.15, -0.1) is 13.2 Å². The number of para-hydroxylation sites is 1. The molecule has 0 aliphatic carbocycles. The normalized spacial score (nSPS) is 11.4. The Hall–Kier alpha value is -1.82. The number of nitrogens with zero attached hydrogens (tertiary/aromatic N) is 2. The van der Waals surface area contributed by atoms with E-state index in [1.54, 1.807) is 13.0 Å². The van der Waals surface area contributed by atoms with E-state index in [1.807, 2.05) is 0 Å². The van der Waals surface area contributed by atoms with Crippen molar-refractivity contribution in [1.82, 2.24) is 9.97 Å². The fourth-order valence-corrected chi connectivity index (χ4v) is 1.71. The van der Waals surface area contributed by atoms with Crippen molar-refractivity contribution in [2.24, 2.45) is 0 Å². The van der Waals surface area contributed by atoms with Crippen LogP contribution in [-0.2, 0) is 0 Å². The molecule has 2 aromatic rings. The third-order valence-corrected chi connectivity index (χ3v) is 2.77. The van der Waals surface area contributed by atoms with E-state index in [1.165, 1.54) is 24.5 Å². The quantitative estimate of drug-likeness (QED) is 0.783. The molecule has 3 nitrogen and oxygen atoms in total. The lowest BCUT2D eigenvalue weighted by atomic mass is 10.1. The van der Waals surface area contributed by atoms with Gasteiger partial charge in [-0.3, -0.25) is 0 Å². The van der Waals surface area contributed by atoms with Crippen molar-refractivity contribution in [3.05, 3.63) is 41.3 Å². The summed E-state index contributed by atoms with van der Waals surface area (Å²) in [4.78, 5) is 7.72. The number of ether oxygens (including phenoxy) is 1. The van der Waals surface area contributed by atoms with Crippen molar-refractivity contribution in [3.63, 3.8) is 0 Å². The van der Waals surface area contributed by atoms with Gasteiger partial charge in [-0.25, -0.2) is 9.97 Å². The summed E-state index contributed by atoms with van der Waals surface area (Å²) in [5.74, 6) is -0.326. The van der Waals surface area contributed by atoms with E-state index in [-0.39, 0.29) is 16.5 Å².